The summed E-state index contributed by atoms with van der Waals surface area (Å²) in [6, 6.07) is 11.7. The van der Waals surface area contributed by atoms with Crippen LogP contribution in [0.4, 0.5) is 11.4 Å². The van der Waals surface area contributed by atoms with Gasteiger partial charge in [0.05, 0.1) is 11.3 Å². The number of nitrogens with zero attached hydrogens (tertiary/aromatic N) is 3. The zero-order valence-electron chi connectivity index (χ0n) is 12.8. The van der Waals surface area contributed by atoms with E-state index in [0.717, 1.165) is 5.69 Å². The summed E-state index contributed by atoms with van der Waals surface area (Å²) in [5.74, 6) is -0.383. The fourth-order valence-corrected chi connectivity index (χ4v) is 2.39. The highest BCUT2D eigenvalue weighted by Gasteiger charge is 2.17. The molecule has 0 radical (unpaired) electrons. The molecule has 0 aliphatic rings. The Morgan fingerprint density at radius 1 is 1.21 bits per heavy atom. The summed E-state index contributed by atoms with van der Waals surface area (Å²) in [6.45, 7) is 1.56. The summed E-state index contributed by atoms with van der Waals surface area (Å²) in [6.07, 6.45) is 5.18. The minimum absolute atomic E-state index is 0.0712. The number of anilines is 1. The molecule has 0 spiro atoms. The second kappa shape index (κ2) is 6.33. The molecule has 7 nitrogen and oxygen atoms in total. The number of hydrogen-bond acceptors (Lipinski definition) is 4. The SMILES string of the molecule is Cc1c(C(=O)Nc2ccc(-n3ccnc3)cc2)cccc1[N+](=O)[O-]. The summed E-state index contributed by atoms with van der Waals surface area (Å²) < 4.78 is 1.84. The molecule has 1 heterocycles. The highest BCUT2D eigenvalue weighted by molar-refractivity contribution is 6.05. The molecule has 3 aromatic rings. The second-order valence-electron chi connectivity index (χ2n) is 5.18. The van der Waals surface area contributed by atoms with Crippen LogP contribution in [0.1, 0.15) is 15.9 Å². The van der Waals surface area contributed by atoms with E-state index in [4.69, 9.17) is 0 Å². The summed E-state index contributed by atoms with van der Waals surface area (Å²) >= 11 is 0. The van der Waals surface area contributed by atoms with E-state index in [0.29, 0.717) is 11.3 Å². The molecule has 1 amide bonds. The Morgan fingerprint density at radius 2 is 1.96 bits per heavy atom. The van der Waals surface area contributed by atoms with Gasteiger partial charge in [0.15, 0.2) is 0 Å². The molecule has 2 aromatic carbocycles. The van der Waals surface area contributed by atoms with Crippen LogP contribution in [0, 0.1) is 17.0 Å². The molecule has 7 heteroatoms. The second-order valence-corrected chi connectivity index (χ2v) is 5.18. The molecule has 24 heavy (non-hydrogen) atoms. The van der Waals surface area contributed by atoms with Crippen molar-refractivity contribution in [1.82, 2.24) is 9.55 Å². The standard InChI is InChI=1S/C17H14N4O3/c1-12-15(3-2-4-16(12)21(23)24)17(22)19-13-5-7-14(8-6-13)20-10-9-18-11-20/h2-11H,1H3,(H,19,22). The van der Waals surface area contributed by atoms with Crippen molar-refractivity contribution in [3.05, 3.63) is 82.4 Å². The van der Waals surface area contributed by atoms with Gasteiger partial charge in [-0.1, -0.05) is 6.07 Å². The third kappa shape index (κ3) is 3.00. The van der Waals surface area contributed by atoms with Crippen molar-refractivity contribution in [1.29, 1.82) is 0 Å². The van der Waals surface area contributed by atoms with Crippen molar-refractivity contribution in [2.75, 3.05) is 5.32 Å². The maximum Gasteiger partial charge on any atom is 0.273 e. The van der Waals surface area contributed by atoms with Crippen molar-refractivity contribution < 1.29 is 9.72 Å². The normalized spacial score (nSPS) is 10.4. The highest BCUT2D eigenvalue weighted by atomic mass is 16.6. The number of benzene rings is 2. The third-order valence-electron chi connectivity index (χ3n) is 3.67. The minimum Gasteiger partial charge on any atom is -0.322 e. The number of amides is 1. The van der Waals surface area contributed by atoms with E-state index in [-0.39, 0.29) is 17.2 Å². The molecule has 0 unspecified atom stereocenters. The monoisotopic (exact) mass is 322 g/mol. The van der Waals surface area contributed by atoms with Crippen LogP contribution >= 0.6 is 0 Å². The number of carbonyl (C=O) groups excluding carboxylic acids is 1. The number of nitro benzene ring substituents is 1. The molecule has 0 fully saturated rings. The molecule has 0 saturated carbocycles. The van der Waals surface area contributed by atoms with Gasteiger partial charge < -0.3 is 9.88 Å². The van der Waals surface area contributed by atoms with Gasteiger partial charge in [-0.25, -0.2) is 4.98 Å². The van der Waals surface area contributed by atoms with Crippen molar-refractivity contribution in [2.45, 2.75) is 6.92 Å². The van der Waals surface area contributed by atoms with Gasteiger partial charge >= 0.3 is 0 Å². The van der Waals surface area contributed by atoms with E-state index in [1.54, 1.807) is 37.6 Å². The smallest absolute Gasteiger partial charge is 0.273 e. The zero-order valence-corrected chi connectivity index (χ0v) is 12.8. The Morgan fingerprint density at radius 3 is 2.58 bits per heavy atom. The summed E-state index contributed by atoms with van der Waals surface area (Å²) in [5, 5.41) is 13.7. The largest absolute Gasteiger partial charge is 0.322 e. The van der Waals surface area contributed by atoms with Crippen LogP contribution in [-0.2, 0) is 0 Å². The zero-order chi connectivity index (χ0) is 17.1. The summed E-state index contributed by atoms with van der Waals surface area (Å²) in [4.78, 5) is 26.8. The van der Waals surface area contributed by atoms with E-state index in [1.165, 1.54) is 12.1 Å². The van der Waals surface area contributed by atoms with Crippen LogP contribution in [0.5, 0.6) is 0 Å². The van der Waals surface area contributed by atoms with Crippen LogP contribution < -0.4 is 5.32 Å². The molecule has 3 rings (SSSR count). The first-order chi connectivity index (χ1) is 11.6. The number of nitrogens with one attached hydrogen (secondary N) is 1. The number of aromatic nitrogens is 2. The fraction of sp³-hybridized carbons (Fsp3) is 0.0588. The lowest BCUT2D eigenvalue weighted by molar-refractivity contribution is -0.385. The lowest BCUT2D eigenvalue weighted by Gasteiger charge is -2.09. The molecule has 0 aliphatic heterocycles. The van der Waals surface area contributed by atoms with E-state index in [9.17, 15) is 14.9 Å². The lowest BCUT2D eigenvalue weighted by atomic mass is 10.1. The predicted octanol–water partition coefficient (Wildman–Crippen LogP) is 3.34. The summed E-state index contributed by atoms with van der Waals surface area (Å²) in [7, 11) is 0. The van der Waals surface area contributed by atoms with Crippen molar-refractivity contribution in [3.63, 3.8) is 0 Å². The topological polar surface area (TPSA) is 90.1 Å². The van der Waals surface area contributed by atoms with Gasteiger partial charge in [0.2, 0.25) is 0 Å². The van der Waals surface area contributed by atoms with E-state index in [1.807, 2.05) is 22.9 Å². The predicted molar refractivity (Wildman–Crippen MR) is 89.4 cm³/mol. The lowest BCUT2D eigenvalue weighted by Crippen LogP contribution is -2.14. The highest BCUT2D eigenvalue weighted by Crippen LogP contribution is 2.22. The molecule has 1 aromatic heterocycles. The van der Waals surface area contributed by atoms with Crippen molar-refractivity contribution in [2.24, 2.45) is 0 Å². The van der Waals surface area contributed by atoms with Gasteiger partial charge in [0.25, 0.3) is 11.6 Å². The maximum absolute atomic E-state index is 12.4. The Bertz CT molecular complexity index is 887. The number of imidazole rings is 1. The first-order valence-corrected chi connectivity index (χ1v) is 7.20. The van der Waals surface area contributed by atoms with Gasteiger partial charge in [-0.2, -0.15) is 0 Å². The molecular weight excluding hydrogens is 308 g/mol. The minimum atomic E-state index is -0.494. The van der Waals surface area contributed by atoms with Crippen LogP contribution in [0.3, 0.4) is 0 Å². The quantitative estimate of drug-likeness (QED) is 0.589. The molecular formula is C17H14N4O3. The number of hydrogen-bond donors (Lipinski definition) is 1. The Balaban J connectivity index is 1.80. The summed E-state index contributed by atoms with van der Waals surface area (Å²) in [5.41, 5.74) is 2.07. The molecule has 0 aliphatic carbocycles. The molecule has 1 N–H and O–H groups in total. The average molecular weight is 322 g/mol. The number of rotatable bonds is 4. The van der Waals surface area contributed by atoms with Gasteiger partial charge in [-0.3, -0.25) is 14.9 Å². The first kappa shape index (κ1) is 15.4. The van der Waals surface area contributed by atoms with E-state index in [2.05, 4.69) is 10.3 Å². The van der Waals surface area contributed by atoms with Crippen LogP contribution in [0.2, 0.25) is 0 Å². The van der Waals surface area contributed by atoms with Crippen LogP contribution in [-0.4, -0.2) is 20.4 Å². The number of carbonyl (C=O) groups is 1. The Hall–Kier alpha value is -3.48. The van der Waals surface area contributed by atoms with Gasteiger partial charge in [0.1, 0.15) is 0 Å². The molecule has 0 bridgehead atoms. The number of nitro groups is 1. The molecule has 0 atom stereocenters. The van der Waals surface area contributed by atoms with Crippen molar-refractivity contribution >= 4 is 17.3 Å². The average Bonchev–Trinajstić information content (AvgIpc) is 3.10. The molecule has 120 valence electrons. The van der Waals surface area contributed by atoms with Gasteiger partial charge in [0, 0.05) is 41.0 Å². The van der Waals surface area contributed by atoms with Crippen LogP contribution in [0.25, 0.3) is 5.69 Å². The third-order valence-corrected chi connectivity index (χ3v) is 3.67. The van der Waals surface area contributed by atoms with Gasteiger partial charge in [-0.05, 0) is 37.3 Å². The van der Waals surface area contributed by atoms with Crippen LogP contribution in [0.15, 0.2) is 61.2 Å². The first-order valence-electron chi connectivity index (χ1n) is 7.20. The van der Waals surface area contributed by atoms with Gasteiger partial charge in [-0.15, -0.1) is 0 Å². The van der Waals surface area contributed by atoms with Crippen molar-refractivity contribution in [3.8, 4) is 5.69 Å². The van der Waals surface area contributed by atoms with E-state index < -0.39 is 4.92 Å². The molecule has 0 saturated heterocycles. The Labute approximate surface area is 137 Å². The maximum atomic E-state index is 12.4. The Kier molecular flexibility index (Phi) is 4.07. The fourth-order valence-electron chi connectivity index (χ4n) is 2.39. The van der Waals surface area contributed by atoms with E-state index >= 15 is 0 Å².